The van der Waals surface area contributed by atoms with Gasteiger partial charge in [-0.2, -0.15) is 0 Å². The molecule has 1 atom stereocenters. The Morgan fingerprint density at radius 2 is 1.62 bits per heavy atom. The Balaban J connectivity index is 1.96. The lowest BCUT2D eigenvalue weighted by Crippen LogP contribution is -2.29. The van der Waals surface area contributed by atoms with Crippen LogP contribution in [0.25, 0.3) is 5.76 Å². The van der Waals surface area contributed by atoms with E-state index in [9.17, 15) is 19.1 Å². The molecule has 1 amide bonds. The number of benzene rings is 3. The molecule has 0 spiro atoms. The van der Waals surface area contributed by atoms with Crippen molar-refractivity contribution in [1.29, 1.82) is 0 Å². The molecule has 3 aromatic rings. The number of halogens is 3. The minimum absolute atomic E-state index is 0.0685. The zero-order valence-electron chi connectivity index (χ0n) is 17.2. The highest BCUT2D eigenvalue weighted by atomic mass is 35.5. The van der Waals surface area contributed by atoms with Gasteiger partial charge in [-0.05, 0) is 66.9 Å². The van der Waals surface area contributed by atoms with E-state index in [4.69, 9.17) is 23.2 Å². The molecule has 4 rings (SSSR count). The van der Waals surface area contributed by atoms with Crippen LogP contribution in [-0.4, -0.2) is 16.8 Å². The lowest BCUT2D eigenvalue weighted by Gasteiger charge is -2.25. The molecule has 1 unspecified atom stereocenters. The van der Waals surface area contributed by atoms with Crippen molar-refractivity contribution in [3.8, 4) is 0 Å². The summed E-state index contributed by atoms with van der Waals surface area (Å²) in [4.78, 5) is 27.4. The number of nitrogens with zero attached hydrogens (tertiary/aromatic N) is 1. The molecular weight excluding hydrogens is 452 g/mol. The first-order valence-corrected chi connectivity index (χ1v) is 10.5. The van der Waals surface area contributed by atoms with Crippen LogP contribution in [0.5, 0.6) is 0 Å². The predicted octanol–water partition coefficient (Wildman–Crippen LogP) is 6.38. The van der Waals surface area contributed by atoms with Gasteiger partial charge in [0, 0.05) is 16.3 Å². The van der Waals surface area contributed by atoms with Crippen molar-refractivity contribution in [2.45, 2.75) is 19.9 Å². The molecule has 1 aliphatic heterocycles. The van der Waals surface area contributed by atoms with Gasteiger partial charge in [0.05, 0.1) is 16.6 Å². The minimum atomic E-state index is -0.949. The third-order valence-corrected chi connectivity index (χ3v) is 6.13. The third-order valence-electron chi connectivity index (χ3n) is 5.59. The van der Waals surface area contributed by atoms with E-state index in [2.05, 4.69) is 0 Å². The molecule has 3 aromatic carbocycles. The summed E-state index contributed by atoms with van der Waals surface area (Å²) in [5.74, 6) is -2.63. The van der Waals surface area contributed by atoms with Gasteiger partial charge in [-0.1, -0.05) is 47.5 Å². The summed E-state index contributed by atoms with van der Waals surface area (Å²) in [6.07, 6.45) is 0. The second-order valence-electron chi connectivity index (χ2n) is 7.62. The molecule has 7 heteroatoms. The zero-order valence-corrected chi connectivity index (χ0v) is 18.7. The summed E-state index contributed by atoms with van der Waals surface area (Å²) < 4.78 is 13.8. The minimum Gasteiger partial charge on any atom is -0.507 e. The Labute approximate surface area is 194 Å². The number of aliphatic hydroxyl groups is 1. The van der Waals surface area contributed by atoms with Crippen LogP contribution in [0.1, 0.15) is 28.3 Å². The number of ketones is 1. The number of Topliss-reactive ketones (excluding diaryl/α,β-unsaturated/α-hetero) is 1. The zero-order chi connectivity index (χ0) is 23.2. The summed E-state index contributed by atoms with van der Waals surface area (Å²) >= 11 is 12.0. The molecule has 0 radical (unpaired) electrons. The topological polar surface area (TPSA) is 57.6 Å². The molecular formula is C25H18Cl2FNO3. The van der Waals surface area contributed by atoms with Crippen LogP contribution in [-0.2, 0) is 9.59 Å². The monoisotopic (exact) mass is 469 g/mol. The van der Waals surface area contributed by atoms with Crippen LogP contribution < -0.4 is 4.90 Å². The second-order valence-corrected chi connectivity index (χ2v) is 8.46. The standard InChI is InChI=1S/C25H18Cl2FNO3/c1-13-3-4-16(11-14(13)2)23(30)21-22(15-5-7-17(26)8-6-15)29(25(32)24(21)31)18-9-10-20(28)19(27)12-18/h3-12,22,30H,1-2H3/b23-21+. The first kappa shape index (κ1) is 22.1. The molecule has 1 heterocycles. The van der Waals surface area contributed by atoms with Gasteiger partial charge in [-0.25, -0.2) is 4.39 Å². The number of anilines is 1. The molecule has 1 fully saturated rings. The van der Waals surface area contributed by atoms with Crippen molar-refractivity contribution >= 4 is 46.3 Å². The number of aliphatic hydroxyl groups excluding tert-OH is 1. The molecule has 0 aromatic heterocycles. The number of carbonyl (C=O) groups is 2. The summed E-state index contributed by atoms with van der Waals surface area (Å²) in [5, 5.41) is 11.4. The lowest BCUT2D eigenvalue weighted by molar-refractivity contribution is -0.132. The average Bonchev–Trinajstić information content (AvgIpc) is 3.03. The molecule has 0 saturated carbocycles. The van der Waals surface area contributed by atoms with E-state index in [-0.39, 0.29) is 22.0 Å². The maximum absolute atomic E-state index is 13.8. The molecule has 1 saturated heterocycles. The molecule has 1 N–H and O–H groups in total. The molecule has 4 nitrogen and oxygen atoms in total. The van der Waals surface area contributed by atoms with Crippen LogP contribution in [0.15, 0.2) is 66.2 Å². The van der Waals surface area contributed by atoms with E-state index in [1.165, 1.54) is 17.0 Å². The van der Waals surface area contributed by atoms with Gasteiger partial charge in [-0.3, -0.25) is 14.5 Å². The van der Waals surface area contributed by atoms with Crippen LogP contribution in [0.2, 0.25) is 10.0 Å². The molecule has 162 valence electrons. The number of rotatable bonds is 3. The number of aryl methyl sites for hydroxylation is 2. The van der Waals surface area contributed by atoms with E-state index < -0.39 is 23.5 Å². The van der Waals surface area contributed by atoms with Crippen molar-refractivity contribution < 1.29 is 19.1 Å². The number of amides is 1. The Morgan fingerprint density at radius 1 is 0.938 bits per heavy atom. The summed E-state index contributed by atoms with van der Waals surface area (Å²) in [5.41, 5.74) is 3.09. The smallest absolute Gasteiger partial charge is 0.300 e. The van der Waals surface area contributed by atoms with Gasteiger partial charge < -0.3 is 5.11 Å². The van der Waals surface area contributed by atoms with Gasteiger partial charge >= 0.3 is 0 Å². The maximum Gasteiger partial charge on any atom is 0.300 e. The second kappa shape index (κ2) is 8.41. The van der Waals surface area contributed by atoms with Crippen molar-refractivity contribution in [3.63, 3.8) is 0 Å². The summed E-state index contributed by atoms with van der Waals surface area (Å²) in [6, 6.07) is 14.7. The van der Waals surface area contributed by atoms with Crippen LogP contribution in [0.3, 0.4) is 0 Å². The van der Waals surface area contributed by atoms with E-state index in [0.717, 1.165) is 17.2 Å². The maximum atomic E-state index is 13.8. The van der Waals surface area contributed by atoms with Crippen LogP contribution >= 0.6 is 23.2 Å². The largest absolute Gasteiger partial charge is 0.507 e. The van der Waals surface area contributed by atoms with Gasteiger partial charge in [0.25, 0.3) is 11.7 Å². The molecule has 0 aliphatic carbocycles. The number of carbonyl (C=O) groups excluding carboxylic acids is 2. The Bertz CT molecular complexity index is 1280. The fraction of sp³-hybridized carbons (Fsp3) is 0.120. The molecule has 32 heavy (non-hydrogen) atoms. The predicted molar refractivity (Wildman–Crippen MR) is 124 cm³/mol. The SMILES string of the molecule is Cc1ccc(/C(O)=C2\C(=O)C(=O)N(c3ccc(F)c(Cl)c3)C2c2ccc(Cl)cc2)cc1C. The lowest BCUT2D eigenvalue weighted by atomic mass is 9.94. The van der Waals surface area contributed by atoms with Crippen molar-refractivity contribution in [2.75, 3.05) is 4.90 Å². The summed E-state index contributed by atoms with van der Waals surface area (Å²) in [7, 11) is 0. The Hall–Kier alpha value is -3.15. The van der Waals surface area contributed by atoms with Gasteiger partial charge in [0.1, 0.15) is 11.6 Å². The normalized spacial score (nSPS) is 17.8. The Morgan fingerprint density at radius 3 is 2.25 bits per heavy atom. The number of hydrogen-bond donors (Lipinski definition) is 1. The highest BCUT2D eigenvalue weighted by Crippen LogP contribution is 2.43. The third kappa shape index (κ3) is 3.78. The quantitative estimate of drug-likeness (QED) is 0.275. The van der Waals surface area contributed by atoms with Crippen molar-refractivity contribution in [1.82, 2.24) is 0 Å². The van der Waals surface area contributed by atoms with Crippen molar-refractivity contribution in [3.05, 3.63) is 104 Å². The Kier molecular flexibility index (Phi) is 5.80. The van der Waals surface area contributed by atoms with Crippen LogP contribution in [0, 0.1) is 19.7 Å². The average molecular weight is 470 g/mol. The van der Waals surface area contributed by atoms with Crippen molar-refractivity contribution in [2.24, 2.45) is 0 Å². The van der Waals surface area contributed by atoms with E-state index in [0.29, 0.717) is 16.1 Å². The fourth-order valence-corrected chi connectivity index (χ4v) is 4.04. The first-order valence-electron chi connectivity index (χ1n) is 9.78. The van der Waals surface area contributed by atoms with E-state index in [1.54, 1.807) is 36.4 Å². The molecule has 1 aliphatic rings. The van der Waals surface area contributed by atoms with E-state index in [1.807, 2.05) is 19.9 Å². The van der Waals surface area contributed by atoms with Crippen LogP contribution in [0.4, 0.5) is 10.1 Å². The first-order chi connectivity index (χ1) is 15.2. The number of hydrogen-bond acceptors (Lipinski definition) is 3. The van der Waals surface area contributed by atoms with Gasteiger partial charge in [0.2, 0.25) is 0 Å². The van der Waals surface area contributed by atoms with Gasteiger partial charge in [-0.15, -0.1) is 0 Å². The van der Waals surface area contributed by atoms with E-state index >= 15 is 0 Å². The van der Waals surface area contributed by atoms with Gasteiger partial charge in [0.15, 0.2) is 0 Å². The fourth-order valence-electron chi connectivity index (χ4n) is 3.74. The highest BCUT2D eigenvalue weighted by Gasteiger charge is 2.47. The highest BCUT2D eigenvalue weighted by molar-refractivity contribution is 6.51. The summed E-state index contributed by atoms with van der Waals surface area (Å²) in [6.45, 7) is 3.83. The molecule has 0 bridgehead atoms.